The van der Waals surface area contributed by atoms with Crippen molar-refractivity contribution in [3.8, 4) is 0 Å². The second-order valence-electron chi connectivity index (χ2n) is 5.38. The molecule has 0 bridgehead atoms. The minimum Gasteiger partial charge on any atom is -0.396 e. The predicted molar refractivity (Wildman–Crippen MR) is 74.2 cm³/mol. The van der Waals surface area contributed by atoms with Gasteiger partial charge < -0.3 is 10.4 Å². The Labute approximate surface area is 112 Å². The number of nitrogens with one attached hydrogen (secondary N) is 1. The number of nitrogens with zero attached hydrogens (tertiary/aromatic N) is 1. The average molecular weight is 264 g/mol. The Morgan fingerprint density at radius 2 is 1.84 bits per heavy atom. The van der Waals surface area contributed by atoms with E-state index in [2.05, 4.69) is 5.32 Å². The first-order valence-corrected chi connectivity index (χ1v) is 6.74. The zero-order valence-corrected chi connectivity index (χ0v) is 11.0. The van der Waals surface area contributed by atoms with Crippen molar-refractivity contribution < 1.29 is 10.0 Å². The molecule has 19 heavy (non-hydrogen) atoms. The van der Waals surface area contributed by atoms with Gasteiger partial charge in [0.25, 0.3) is 5.69 Å². The molecule has 0 heterocycles. The molecule has 2 rings (SSSR count). The van der Waals surface area contributed by atoms with Gasteiger partial charge in [-0.15, -0.1) is 0 Å². The van der Waals surface area contributed by atoms with Crippen LogP contribution < -0.4 is 5.32 Å². The number of aliphatic hydroxyl groups excluding tert-OH is 1. The van der Waals surface area contributed by atoms with Gasteiger partial charge in [0, 0.05) is 29.8 Å². The van der Waals surface area contributed by atoms with Crippen molar-refractivity contribution >= 4 is 11.4 Å². The molecule has 1 aromatic carbocycles. The molecule has 0 amide bonds. The smallest absolute Gasteiger partial charge is 0.269 e. The van der Waals surface area contributed by atoms with Crippen LogP contribution in [-0.4, -0.2) is 23.2 Å². The van der Waals surface area contributed by atoms with Crippen LogP contribution in [-0.2, 0) is 0 Å². The van der Waals surface area contributed by atoms with Gasteiger partial charge in [0.15, 0.2) is 0 Å². The van der Waals surface area contributed by atoms with E-state index in [4.69, 9.17) is 0 Å². The lowest BCUT2D eigenvalue weighted by Crippen LogP contribution is -2.35. The summed E-state index contributed by atoms with van der Waals surface area (Å²) in [4.78, 5) is 10.2. The van der Waals surface area contributed by atoms with E-state index in [0.29, 0.717) is 0 Å². The molecule has 1 aliphatic rings. The summed E-state index contributed by atoms with van der Waals surface area (Å²) in [6.45, 7) is 0.925. The fraction of sp³-hybridized carbons (Fsp3) is 0.571. The van der Waals surface area contributed by atoms with E-state index in [0.717, 1.165) is 25.1 Å². The Morgan fingerprint density at radius 1 is 1.21 bits per heavy atom. The summed E-state index contributed by atoms with van der Waals surface area (Å²) in [5.74, 6) is 0. The molecule has 0 radical (unpaired) electrons. The van der Waals surface area contributed by atoms with E-state index < -0.39 is 4.92 Å². The fourth-order valence-electron chi connectivity index (χ4n) is 2.68. The number of aliphatic hydroxyl groups is 1. The standard InChI is InChI=1S/C14H20N2O3/c17-11-14(8-2-1-3-9-14)10-15-12-4-6-13(7-5-12)16(18)19/h4-7,15,17H,1-3,8-11H2. The molecule has 0 atom stereocenters. The van der Waals surface area contributed by atoms with Crippen molar-refractivity contribution in [2.45, 2.75) is 32.1 Å². The van der Waals surface area contributed by atoms with E-state index in [-0.39, 0.29) is 17.7 Å². The summed E-state index contributed by atoms with van der Waals surface area (Å²) >= 11 is 0. The number of rotatable bonds is 5. The monoisotopic (exact) mass is 264 g/mol. The van der Waals surface area contributed by atoms with Crippen molar-refractivity contribution in [1.82, 2.24) is 0 Å². The fourth-order valence-corrected chi connectivity index (χ4v) is 2.68. The van der Waals surface area contributed by atoms with Crippen molar-refractivity contribution in [3.05, 3.63) is 34.4 Å². The molecule has 0 aliphatic heterocycles. The summed E-state index contributed by atoms with van der Waals surface area (Å²) in [6.07, 6.45) is 5.68. The Morgan fingerprint density at radius 3 is 2.37 bits per heavy atom. The Bertz CT molecular complexity index is 425. The Hall–Kier alpha value is -1.62. The average Bonchev–Trinajstić information content (AvgIpc) is 2.46. The number of anilines is 1. The molecule has 0 spiro atoms. The van der Waals surface area contributed by atoms with Gasteiger partial charge in [-0.2, -0.15) is 0 Å². The molecule has 1 aliphatic carbocycles. The summed E-state index contributed by atoms with van der Waals surface area (Å²) in [5, 5.41) is 23.5. The van der Waals surface area contributed by atoms with Gasteiger partial charge in [0.1, 0.15) is 0 Å². The second kappa shape index (κ2) is 6.02. The van der Waals surface area contributed by atoms with Crippen LogP contribution in [0, 0.1) is 15.5 Å². The number of benzene rings is 1. The van der Waals surface area contributed by atoms with E-state index in [9.17, 15) is 15.2 Å². The van der Waals surface area contributed by atoms with Gasteiger partial charge in [-0.25, -0.2) is 0 Å². The van der Waals surface area contributed by atoms with Crippen LogP contribution in [0.15, 0.2) is 24.3 Å². The van der Waals surface area contributed by atoms with Gasteiger partial charge in [0.2, 0.25) is 0 Å². The highest BCUT2D eigenvalue weighted by Gasteiger charge is 2.31. The lowest BCUT2D eigenvalue weighted by molar-refractivity contribution is -0.384. The van der Waals surface area contributed by atoms with E-state index in [1.165, 1.54) is 31.4 Å². The first kappa shape index (κ1) is 13.8. The van der Waals surface area contributed by atoms with Crippen molar-refractivity contribution in [1.29, 1.82) is 0 Å². The highest BCUT2D eigenvalue weighted by Crippen LogP contribution is 2.36. The summed E-state index contributed by atoms with van der Waals surface area (Å²) in [5.41, 5.74) is 0.934. The normalized spacial score (nSPS) is 17.9. The van der Waals surface area contributed by atoms with Crippen molar-refractivity contribution in [2.24, 2.45) is 5.41 Å². The third kappa shape index (κ3) is 3.44. The van der Waals surface area contributed by atoms with Gasteiger partial charge in [-0.3, -0.25) is 10.1 Å². The summed E-state index contributed by atoms with van der Waals surface area (Å²) in [6, 6.07) is 6.42. The van der Waals surface area contributed by atoms with Crippen LogP contribution in [0.25, 0.3) is 0 Å². The lowest BCUT2D eigenvalue weighted by atomic mass is 9.74. The Kier molecular flexibility index (Phi) is 4.37. The topological polar surface area (TPSA) is 75.4 Å². The third-order valence-corrected chi connectivity index (χ3v) is 4.00. The number of nitro groups is 1. The minimum atomic E-state index is -0.403. The molecule has 5 heteroatoms. The number of nitro benzene ring substituents is 1. The van der Waals surface area contributed by atoms with E-state index in [1.54, 1.807) is 12.1 Å². The first-order chi connectivity index (χ1) is 9.15. The summed E-state index contributed by atoms with van der Waals surface area (Å²) in [7, 11) is 0. The maximum atomic E-state index is 10.6. The zero-order valence-electron chi connectivity index (χ0n) is 11.0. The van der Waals surface area contributed by atoms with Gasteiger partial charge in [0.05, 0.1) is 11.5 Å². The molecule has 0 unspecified atom stereocenters. The SMILES string of the molecule is O=[N+]([O-])c1ccc(NCC2(CO)CCCCC2)cc1. The van der Waals surface area contributed by atoms with Crippen LogP contribution in [0.1, 0.15) is 32.1 Å². The highest BCUT2D eigenvalue weighted by molar-refractivity contribution is 5.48. The molecule has 0 saturated heterocycles. The Balaban J connectivity index is 1.95. The zero-order chi connectivity index (χ0) is 13.7. The highest BCUT2D eigenvalue weighted by atomic mass is 16.6. The maximum Gasteiger partial charge on any atom is 0.269 e. The largest absolute Gasteiger partial charge is 0.396 e. The molecule has 0 aromatic heterocycles. The lowest BCUT2D eigenvalue weighted by Gasteiger charge is -2.36. The molecule has 2 N–H and O–H groups in total. The van der Waals surface area contributed by atoms with Gasteiger partial charge in [-0.1, -0.05) is 19.3 Å². The number of hydrogen-bond acceptors (Lipinski definition) is 4. The second-order valence-corrected chi connectivity index (χ2v) is 5.38. The molecular formula is C14H20N2O3. The number of non-ortho nitro benzene ring substituents is 1. The molecule has 1 aromatic rings. The minimum absolute atomic E-state index is 0.0278. The van der Waals surface area contributed by atoms with Gasteiger partial charge >= 0.3 is 0 Å². The van der Waals surface area contributed by atoms with Crippen molar-refractivity contribution in [2.75, 3.05) is 18.5 Å². The van der Waals surface area contributed by atoms with E-state index >= 15 is 0 Å². The van der Waals surface area contributed by atoms with Crippen molar-refractivity contribution in [3.63, 3.8) is 0 Å². The molecular weight excluding hydrogens is 244 g/mol. The molecule has 5 nitrogen and oxygen atoms in total. The van der Waals surface area contributed by atoms with Crippen LogP contribution >= 0.6 is 0 Å². The van der Waals surface area contributed by atoms with Crippen LogP contribution in [0.5, 0.6) is 0 Å². The maximum absolute atomic E-state index is 10.6. The third-order valence-electron chi connectivity index (χ3n) is 4.00. The molecule has 104 valence electrons. The predicted octanol–water partition coefficient (Wildman–Crippen LogP) is 2.95. The summed E-state index contributed by atoms with van der Waals surface area (Å²) < 4.78 is 0. The molecule has 1 fully saturated rings. The quantitative estimate of drug-likeness (QED) is 0.633. The number of hydrogen-bond donors (Lipinski definition) is 2. The van der Waals surface area contributed by atoms with Crippen LogP contribution in [0.2, 0.25) is 0 Å². The van der Waals surface area contributed by atoms with Gasteiger partial charge in [-0.05, 0) is 25.0 Å². The van der Waals surface area contributed by atoms with E-state index in [1.807, 2.05) is 0 Å². The van der Waals surface area contributed by atoms with Crippen LogP contribution in [0.4, 0.5) is 11.4 Å². The first-order valence-electron chi connectivity index (χ1n) is 6.74. The van der Waals surface area contributed by atoms with Crippen LogP contribution in [0.3, 0.4) is 0 Å². The molecule has 1 saturated carbocycles.